The Hall–Kier alpha value is -3.99. The van der Waals surface area contributed by atoms with Crippen LogP contribution in [0.3, 0.4) is 0 Å². The lowest BCUT2D eigenvalue weighted by Crippen LogP contribution is -2.51. The van der Waals surface area contributed by atoms with Crippen LogP contribution < -0.4 is 35.3 Å². The minimum absolute atomic E-state index is 0.0436. The molecule has 0 aromatic heterocycles. The highest BCUT2D eigenvalue weighted by Gasteiger charge is 2.19. The van der Waals surface area contributed by atoms with Crippen LogP contribution in [0, 0.1) is 0 Å². The number of hydrogen-bond acceptors (Lipinski definition) is 7. The quantitative estimate of drug-likeness (QED) is 0.267. The number of benzene rings is 2. The van der Waals surface area contributed by atoms with Crippen molar-refractivity contribution in [3.8, 4) is 23.0 Å². The largest absolute Gasteiger partial charge is 0.493 e. The summed E-state index contributed by atoms with van der Waals surface area (Å²) in [6.07, 6.45) is -0.0436. The first-order valence-electron chi connectivity index (χ1n) is 10.3. The van der Waals surface area contributed by atoms with E-state index in [1.807, 2.05) is 0 Å². The van der Waals surface area contributed by atoms with Gasteiger partial charge in [0.15, 0.2) is 29.0 Å². The predicted molar refractivity (Wildman–Crippen MR) is 125 cm³/mol. The van der Waals surface area contributed by atoms with Gasteiger partial charge in [0.1, 0.15) is 6.04 Å². The van der Waals surface area contributed by atoms with Crippen LogP contribution in [0.25, 0.3) is 0 Å². The first-order valence-corrected chi connectivity index (χ1v) is 10.3. The summed E-state index contributed by atoms with van der Waals surface area (Å²) in [7, 11) is 6.05. The van der Waals surface area contributed by atoms with Gasteiger partial charge in [0.2, 0.25) is 5.91 Å². The SMILES string of the molecule is COc1ccc(CNC(=O)C(CO)NC(N)=NC(=O)Cc2ccc(OC)c(OC)c2)cc1OC. The first kappa shape index (κ1) is 26.3. The Morgan fingerprint density at radius 3 is 1.97 bits per heavy atom. The molecule has 0 aliphatic rings. The number of hydrogen-bond donors (Lipinski definition) is 4. The maximum atomic E-state index is 12.5. The van der Waals surface area contributed by atoms with Crippen LogP contribution in [0.1, 0.15) is 11.1 Å². The third-order valence-corrected chi connectivity index (χ3v) is 4.78. The number of ether oxygens (including phenoxy) is 4. The number of aliphatic imine (C=N–C) groups is 1. The van der Waals surface area contributed by atoms with Gasteiger partial charge in [0, 0.05) is 6.54 Å². The van der Waals surface area contributed by atoms with E-state index in [9.17, 15) is 14.7 Å². The number of carbonyl (C=O) groups excluding carboxylic acids is 2. The molecule has 0 saturated heterocycles. The molecule has 0 heterocycles. The Balaban J connectivity index is 1.95. The molecule has 11 heteroatoms. The molecular formula is C23H30N4O7. The average molecular weight is 475 g/mol. The summed E-state index contributed by atoms with van der Waals surface area (Å²) in [5, 5.41) is 14.8. The Morgan fingerprint density at radius 1 is 0.912 bits per heavy atom. The van der Waals surface area contributed by atoms with Crippen molar-refractivity contribution in [1.82, 2.24) is 10.6 Å². The van der Waals surface area contributed by atoms with Crippen molar-refractivity contribution < 1.29 is 33.6 Å². The number of nitrogens with two attached hydrogens (primary N) is 1. The fraction of sp³-hybridized carbons (Fsp3) is 0.348. The van der Waals surface area contributed by atoms with Crippen molar-refractivity contribution in [2.24, 2.45) is 10.7 Å². The molecule has 2 aromatic rings. The van der Waals surface area contributed by atoms with Crippen LogP contribution >= 0.6 is 0 Å². The predicted octanol–water partition coefficient (Wildman–Crippen LogP) is 0.372. The second kappa shape index (κ2) is 12.9. The molecule has 0 radical (unpaired) electrons. The third kappa shape index (κ3) is 7.27. The minimum Gasteiger partial charge on any atom is -0.493 e. The molecule has 0 fully saturated rings. The highest BCUT2D eigenvalue weighted by molar-refractivity contribution is 5.95. The van der Waals surface area contributed by atoms with Crippen LogP contribution in [0.15, 0.2) is 41.4 Å². The normalized spacial score (nSPS) is 11.9. The zero-order valence-corrected chi connectivity index (χ0v) is 19.6. The number of nitrogens with one attached hydrogen (secondary N) is 2. The summed E-state index contributed by atoms with van der Waals surface area (Å²) in [6, 6.07) is 9.16. The lowest BCUT2D eigenvalue weighted by Gasteiger charge is -2.17. The van der Waals surface area contributed by atoms with Gasteiger partial charge in [-0.2, -0.15) is 4.99 Å². The number of carbonyl (C=O) groups is 2. The smallest absolute Gasteiger partial charge is 0.253 e. The van der Waals surface area contributed by atoms with Crippen molar-refractivity contribution in [2.75, 3.05) is 35.0 Å². The van der Waals surface area contributed by atoms with Crippen molar-refractivity contribution >= 4 is 17.8 Å². The van der Waals surface area contributed by atoms with Gasteiger partial charge in [-0.25, -0.2) is 0 Å². The van der Waals surface area contributed by atoms with Gasteiger partial charge in [-0.3, -0.25) is 9.59 Å². The molecule has 2 rings (SSSR count). The van der Waals surface area contributed by atoms with Gasteiger partial charge in [-0.05, 0) is 35.4 Å². The van der Waals surface area contributed by atoms with Crippen LogP contribution in [-0.2, 0) is 22.6 Å². The molecule has 0 saturated carbocycles. The lowest BCUT2D eigenvalue weighted by molar-refractivity contribution is -0.124. The van der Waals surface area contributed by atoms with Crippen molar-refractivity contribution in [1.29, 1.82) is 0 Å². The molecule has 2 aromatic carbocycles. The van der Waals surface area contributed by atoms with Crippen LogP contribution in [-0.4, -0.2) is 64.0 Å². The Morgan fingerprint density at radius 2 is 1.44 bits per heavy atom. The summed E-state index contributed by atoms with van der Waals surface area (Å²) in [4.78, 5) is 28.5. The second-order valence-corrected chi connectivity index (χ2v) is 7.04. The van der Waals surface area contributed by atoms with Gasteiger partial charge in [-0.1, -0.05) is 12.1 Å². The zero-order valence-electron chi connectivity index (χ0n) is 19.6. The van der Waals surface area contributed by atoms with Crippen molar-refractivity contribution in [2.45, 2.75) is 19.0 Å². The Kier molecular flexibility index (Phi) is 9.96. The van der Waals surface area contributed by atoms with E-state index < -0.39 is 24.5 Å². The standard InChI is InChI=1S/C23H30N4O7/c1-31-17-7-5-14(9-19(17)33-3)11-21(29)27-23(24)26-16(13-28)22(30)25-12-15-6-8-18(32-2)20(10-15)34-4/h5-10,16,28H,11-13H2,1-4H3,(H,25,30)(H3,24,26,27,29). The number of nitrogens with zero attached hydrogens (tertiary/aromatic N) is 1. The summed E-state index contributed by atoms with van der Waals surface area (Å²) < 4.78 is 20.8. The molecule has 0 aliphatic heterocycles. The molecule has 0 spiro atoms. The van der Waals surface area contributed by atoms with Gasteiger partial charge >= 0.3 is 0 Å². The number of aliphatic hydroxyl groups excluding tert-OH is 1. The number of guanidine groups is 1. The van der Waals surface area contributed by atoms with E-state index in [-0.39, 0.29) is 18.9 Å². The molecule has 11 nitrogen and oxygen atoms in total. The maximum Gasteiger partial charge on any atom is 0.253 e. The van der Waals surface area contributed by atoms with E-state index in [1.165, 1.54) is 28.4 Å². The fourth-order valence-electron chi connectivity index (χ4n) is 3.05. The van der Waals surface area contributed by atoms with E-state index >= 15 is 0 Å². The van der Waals surface area contributed by atoms with E-state index in [0.29, 0.717) is 28.6 Å². The second-order valence-electron chi connectivity index (χ2n) is 7.04. The van der Waals surface area contributed by atoms with E-state index in [1.54, 1.807) is 36.4 Å². The average Bonchev–Trinajstić information content (AvgIpc) is 2.85. The Labute approximate surface area is 197 Å². The molecule has 2 amide bonds. The Bertz CT molecular complexity index is 1030. The van der Waals surface area contributed by atoms with Gasteiger partial charge in [0.05, 0.1) is 41.5 Å². The topological polar surface area (TPSA) is 154 Å². The van der Waals surface area contributed by atoms with Crippen molar-refractivity contribution in [3.05, 3.63) is 47.5 Å². The fourth-order valence-corrected chi connectivity index (χ4v) is 3.05. The summed E-state index contributed by atoms with van der Waals surface area (Å²) in [5.41, 5.74) is 7.18. The van der Waals surface area contributed by atoms with Gasteiger partial charge < -0.3 is 40.4 Å². The van der Waals surface area contributed by atoms with Crippen molar-refractivity contribution in [3.63, 3.8) is 0 Å². The molecule has 0 aliphatic carbocycles. The summed E-state index contributed by atoms with van der Waals surface area (Å²) in [5.74, 6) is 0.750. The minimum atomic E-state index is -1.10. The molecule has 34 heavy (non-hydrogen) atoms. The number of amides is 2. The maximum absolute atomic E-state index is 12.5. The first-order chi connectivity index (χ1) is 16.3. The molecular weight excluding hydrogens is 444 g/mol. The number of methoxy groups -OCH3 is 4. The number of aliphatic hydroxyl groups is 1. The summed E-state index contributed by atoms with van der Waals surface area (Å²) >= 11 is 0. The molecule has 1 unspecified atom stereocenters. The molecule has 1 atom stereocenters. The van der Waals surface area contributed by atoms with Gasteiger partial charge in [0.25, 0.3) is 5.91 Å². The highest BCUT2D eigenvalue weighted by atomic mass is 16.5. The van der Waals surface area contributed by atoms with Crippen LogP contribution in [0.2, 0.25) is 0 Å². The number of rotatable bonds is 11. The zero-order chi connectivity index (χ0) is 25.1. The van der Waals surface area contributed by atoms with E-state index in [0.717, 1.165) is 5.56 Å². The lowest BCUT2D eigenvalue weighted by atomic mass is 10.1. The van der Waals surface area contributed by atoms with Crippen LogP contribution in [0.4, 0.5) is 0 Å². The molecule has 0 bridgehead atoms. The monoisotopic (exact) mass is 474 g/mol. The van der Waals surface area contributed by atoms with Crippen LogP contribution in [0.5, 0.6) is 23.0 Å². The molecule has 184 valence electrons. The summed E-state index contributed by atoms with van der Waals surface area (Å²) in [6.45, 7) is -0.384. The van der Waals surface area contributed by atoms with E-state index in [2.05, 4.69) is 15.6 Å². The van der Waals surface area contributed by atoms with E-state index in [4.69, 9.17) is 24.7 Å². The molecule has 5 N–H and O–H groups in total. The third-order valence-electron chi connectivity index (χ3n) is 4.78. The van der Waals surface area contributed by atoms with Gasteiger partial charge in [-0.15, -0.1) is 0 Å². The highest BCUT2D eigenvalue weighted by Crippen LogP contribution is 2.28.